The third-order valence-corrected chi connectivity index (χ3v) is 4.26. The second kappa shape index (κ2) is 5.91. The Hall–Kier alpha value is -0.780. The van der Waals surface area contributed by atoms with Gasteiger partial charge in [-0.2, -0.15) is 0 Å². The fourth-order valence-corrected chi connectivity index (χ4v) is 3.33. The summed E-state index contributed by atoms with van der Waals surface area (Å²) in [5.41, 5.74) is 0.0775. The summed E-state index contributed by atoms with van der Waals surface area (Å²) in [7, 11) is 0. The van der Waals surface area contributed by atoms with Crippen LogP contribution >= 0.6 is 27.3 Å². The Morgan fingerprint density at radius 1 is 1.22 bits per heavy atom. The van der Waals surface area contributed by atoms with Gasteiger partial charge in [0.05, 0.1) is 9.83 Å². The predicted octanol–water partition coefficient (Wildman–Crippen LogP) is 4.49. The lowest BCUT2D eigenvalue weighted by Gasteiger charge is -2.18. The number of hydrogen-bond acceptors (Lipinski definition) is 2. The van der Waals surface area contributed by atoms with Crippen molar-refractivity contribution in [2.75, 3.05) is 6.54 Å². The van der Waals surface area contributed by atoms with Gasteiger partial charge in [0.2, 0.25) is 0 Å². The summed E-state index contributed by atoms with van der Waals surface area (Å²) in [6, 6.07) is 7.24. The average Bonchev–Trinajstić information content (AvgIpc) is 2.74. The highest BCUT2D eigenvalue weighted by Gasteiger charge is 2.22. The van der Waals surface area contributed by atoms with Gasteiger partial charge in [-0.05, 0) is 46.7 Å². The summed E-state index contributed by atoms with van der Waals surface area (Å²) < 4.78 is 28.6. The molecule has 0 aliphatic carbocycles. The van der Waals surface area contributed by atoms with Gasteiger partial charge in [-0.3, -0.25) is 0 Å². The van der Waals surface area contributed by atoms with Gasteiger partial charge in [0, 0.05) is 10.4 Å². The topological polar surface area (TPSA) is 12.0 Å². The summed E-state index contributed by atoms with van der Waals surface area (Å²) in [5, 5.41) is 3.12. The van der Waals surface area contributed by atoms with Gasteiger partial charge < -0.3 is 5.32 Å². The van der Waals surface area contributed by atoms with Crippen molar-refractivity contribution in [2.45, 2.75) is 13.0 Å². The van der Waals surface area contributed by atoms with Crippen LogP contribution in [0, 0.1) is 11.6 Å². The molecule has 96 valence electrons. The summed E-state index contributed by atoms with van der Waals surface area (Å²) in [4.78, 5) is 0.882. The van der Waals surface area contributed by atoms with Crippen molar-refractivity contribution in [1.82, 2.24) is 5.32 Å². The molecule has 0 amide bonds. The predicted molar refractivity (Wildman–Crippen MR) is 73.9 cm³/mol. The molecule has 18 heavy (non-hydrogen) atoms. The minimum Gasteiger partial charge on any atom is -0.306 e. The normalized spacial score (nSPS) is 12.7. The van der Waals surface area contributed by atoms with Crippen LogP contribution < -0.4 is 5.32 Å². The largest absolute Gasteiger partial charge is 0.306 e. The second-order valence-corrected chi connectivity index (χ2v) is 6.26. The lowest BCUT2D eigenvalue weighted by Crippen LogP contribution is -2.23. The van der Waals surface area contributed by atoms with E-state index in [2.05, 4.69) is 21.2 Å². The minimum absolute atomic E-state index is 0.0775. The van der Waals surface area contributed by atoms with Crippen molar-refractivity contribution in [3.05, 3.63) is 56.2 Å². The lowest BCUT2D eigenvalue weighted by atomic mass is 10.0. The molecule has 1 aromatic heterocycles. The number of halogens is 3. The first kappa shape index (κ1) is 13.6. The molecule has 1 nitrogen and oxygen atoms in total. The molecule has 0 fully saturated rings. The van der Waals surface area contributed by atoms with E-state index in [-0.39, 0.29) is 5.56 Å². The molecule has 1 N–H and O–H groups in total. The van der Waals surface area contributed by atoms with Crippen LogP contribution in [0.1, 0.15) is 23.4 Å². The maximum absolute atomic E-state index is 13.8. The number of benzene rings is 1. The molecule has 0 saturated carbocycles. The van der Waals surface area contributed by atoms with E-state index in [9.17, 15) is 8.78 Å². The molecule has 1 unspecified atom stereocenters. The van der Waals surface area contributed by atoms with E-state index in [0.717, 1.165) is 8.66 Å². The molecule has 0 saturated heterocycles. The first-order valence-electron chi connectivity index (χ1n) is 5.56. The fraction of sp³-hybridized carbons (Fsp3) is 0.231. The number of rotatable bonds is 4. The summed E-state index contributed by atoms with van der Waals surface area (Å²) >= 11 is 4.83. The maximum Gasteiger partial charge on any atom is 0.131 e. The molecule has 0 aliphatic rings. The Morgan fingerprint density at radius 3 is 2.39 bits per heavy atom. The zero-order chi connectivity index (χ0) is 13.1. The Kier molecular flexibility index (Phi) is 4.48. The van der Waals surface area contributed by atoms with E-state index in [0.29, 0.717) is 6.54 Å². The van der Waals surface area contributed by atoms with Gasteiger partial charge >= 0.3 is 0 Å². The Morgan fingerprint density at radius 2 is 1.89 bits per heavy atom. The van der Waals surface area contributed by atoms with Crippen molar-refractivity contribution in [2.24, 2.45) is 0 Å². The smallest absolute Gasteiger partial charge is 0.131 e. The van der Waals surface area contributed by atoms with Crippen LogP contribution in [0.3, 0.4) is 0 Å². The number of hydrogen-bond donors (Lipinski definition) is 1. The molecule has 1 atom stereocenters. The molecule has 2 aromatic rings. The fourth-order valence-electron chi connectivity index (χ4n) is 1.82. The minimum atomic E-state index is -0.523. The van der Waals surface area contributed by atoms with Crippen LogP contribution in [-0.2, 0) is 0 Å². The Bertz CT molecular complexity index is 521. The molecular weight excluding hydrogens is 320 g/mol. The van der Waals surface area contributed by atoms with Crippen LogP contribution in [0.15, 0.2) is 34.1 Å². The standard InChI is InChI=1S/C13H12BrF2NS/c1-2-17-13(10-6-7-11(14)18-10)12-8(15)4-3-5-9(12)16/h3-7,13,17H,2H2,1H3. The highest BCUT2D eigenvalue weighted by molar-refractivity contribution is 9.11. The van der Waals surface area contributed by atoms with Gasteiger partial charge in [-0.1, -0.05) is 13.0 Å². The van der Waals surface area contributed by atoms with E-state index in [4.69, 9.17) is 0 Å². The third-order valence-electron chi connectivity index (χ3n) is 2.58. The van der Waals surface area contributed by atoms with Crippen molar-refractivity contribution in [3.63, 3.8) is 0 Å². The van der Waals surface area contributed by atoms with E-state index >= 15 is 0 Å². The lowest BCUT2D eigenvalue weighted by molar-refractivity contribution is 0.513. The summed E-state index contributed by atoms with van der Waals surface area (Å²) in [5.74, 6) is -1.05. The summed E-state index contributed by atoms with van der Waals surface area (Å²) in [6.45, 7) is 2.54. The van der Waals surface area contributed by atoms with Gasteiger partial charge in [0.15, 0.2) is 0 Å². The molecule has 1 heterocycles. The van der Waals surface area contributed by atoms with E-state index in [1.165, 1.54) is 29.5 Å². The van der Waals surface area contributed by atoms with Crippen molar-refractivity contribution in [3.8, 4) is 0 Å². The highest BCUT2D eigenvalue weighted by atomic mass is 79.9. The first-order valence-corrected chi connectivity index (χ1v) is 7.17. The zero-order valence-electron chi connectivity index (χ0n) is 9.71. The van der Waals surface area contributed by atoms with Crippen LogP contribution in [0.5, 0.6) is 0 Å². The van der Waals surface area contributed by atoms with Crippen LogP contribution in [-0.4, -0.2) is 6.54 Å². The second-order valence-electron chi connectivity index (χ2n) is 3.77. The molecular formula is C13H12BrF2NS. The average molecular weight is 332 g/mol. The Balaban J connectivity index is 2.47. The van der Waals surface area contributed by atoms with Crippen molar-refractivity contribution in [1.29, 1.82) is 0 Å². The first-order chi connectivity index (χ1) is 8.63. The molecule has 0 bridgehead atoms. The number of thiophene rings is 1. The SMILES string of the molecule is CCNC(c1ccc(Br)s1)c1c(F)cccc1F. The molecule has 2 rings (SSSR count). The van der Waals surface area contributed by atoms with Gasteiger partial charge in [-0.15, -0.1) is 11.3 Å². The van der Waals surface area contributed by atoms with Crippen molar-refractivity contribution < 1.29 is 8.78 Å². The van der Waals surface area contributed by atoms with E-state index in [1.807, 2.05) is 19.1 Å². The van der Waals surface area contributed by atoms with Gasteiger partial charge in [0.25, 0.3) is 0 Å². The van der Waals surface area contributed by atoms with Crippen LogP contribution in [0.2, 0.25) is 0 Å². The van der Waals surface area contributed by atoms with Gasteiger partial charge in [-0.25, -0.2) is 8.78 Å². The zero-order valence-corrected chi connectivity index (χ0v) is 12.1. The van der Waals surface area contributed by atoms with Gasteiger partial charge in [0.1, 0.15) is 11.6 Å². The van der Waals surface area contributed by atoms with Crippen molar-refractivity contribution >= 4 is 27.3 Å². The van der Waals surface area contributed by atoms with E-state index in [1.54, 1.807) is 0 Å². The third kappa shape index (κ3) is 2.79. The summed E-state index contributed by atoms with van der Waals surface area (Å²) in [6.07, 6.45) is 0. The maximum atomic E-state index is 13.8. The monoisotopic (exact) mass is 331 g/mol. The molecule has 0 spiro atoms. The molecule has 5 heteroatoms. The Labute approximate surface area is 117 Å². The molecule has 0 radical (unpaired) electrons. The van der Waals surface area contributed by atoms with Crippen LogP contribution in [0.4, 0.5) is 8.78 Å². The molecule has 0 aliphatic heterocycles. The van der Waals surface area contributed by atoms with Crippen LogP contribution in [0.25, 0.3) is 0 Å². The van der Waals surface area contributed by atoms with E-state index < -0.39 is 17.7 Å². The molecule has 1 aromatic carbocycles. The quantitative estimate of drug-likeness (QED) is 0.870. The number of nitrogens with one attached hydrogen (secondary N) is 1. The highest BCUT2D eigenvalue weighted by Crippen LogP contribution is 2.33.